The van der Waals surface area contributed by atoms with E-state index in [0.29, 0.717) is 22.8 Å². The first-order chi connectivity index (χ1) is 13.8. The van der Waals surface area contributed by atoms with Gasteiger partial charge in [-0.15, -0.1) is 0 Å². The average Bonchev–Trinajstić information content (AvgIpc) is 2.71. The van der Waals surface area contributed by atoms with Gasteiger partial charge in [0.25, 0.3) is 5.91 Å². The van der Waals surface area contributed by atoms with Gasteiger partial charge in [0, 0.05) is 11.3 Å². The highest BCUT2D eigenvalue weighted by molar-refractivity contribution is 6.04. The zero-order valence-electron chi connectivity index (χ0n) is 17.2. The van der Waals surface area contributed by atoms with Crippen LogP contribution in [0.4, 0.5) is 5.69 Å². The number of ether oxygens (including phenoxy) is 1. The van der Waals surface area contributed by atoms with Gasteiger partial charge >= 0.3 is 5.97 Å². The zero-order valence-corrected chi connectivity index (χ0v) is 17.2. The van der Waals surface area contributed by atoms with Crippen molar-refractivity contribution in [2.75, 3.05) is 5.32 Å². The molecule has 3 rings (SSSR count). The Labute approximate surface area is 171 Å². The lowest BCUT2D eigenvalue weighted by molar-refractivity contribution is 0.0734. The van der Waals surface area contributed by atoms with Gasteiger partial charge in [-0.1, -0.05) is 38.1 Å². The van der Waals surface area contributed by atoms with Crippen LogP contribution < -0.4 is 10.1 Å². The quantitative estimate of drug-likeness (QED) is 0.438. The van der Waals surface area contributed by atoms with Gasteiger partial charge in [0.05, 0.1) is 5.56 Å². The predicted molar refractivity (Wildman–Crippen MR) is 116 cm³/mol. The largest absolute Gasteiger partial charge is 0.423 e. The minimum Gasteiger partial charge on any atom is -0.423 e. The Balaban J connectivity index is 1.65. The highest BCUT2D eigenvalue weighted by Crippen LogP contribution is 2.20. The van der Waals surface area contributed by atoms with Crippen LogP contribution in [0.2, 0.25) is 0 Å². The highest BCUT2D eigenvalue weighted by Gasteiger charge is 2.12. The van der Waals surface area contributed by atoms with E-state index in [9.17, 15) is 9.59 Å². The second-order valence-corrected chi connectivity index (χ2v) is 7.46. The molecule has 148 valence electrons. The van der Waals surface area contributed by atoms with Gasteiger partial charge < -0.3 is 10.1 Å². The third-order valence-corrected chi connectivity index (χ3v) is 4.78. The van der Waals surface area contributed by atoms with Crippen LogP contribution >= 0.6 is 0 Å². The van der Waals surface area contributed by atoms with Crippen LogP contribution in [-0.4, -0.2) is 11.9 Å². The Morgan fingerprint density at radius 2 is 1.45 bits per heavy atom. The molecule has 29 heavy (non-hydrogen) atoms. The molecule has 0 aromatic heterocycles. The van der Waals surface area contributed by atoms with Crippen molar-refractivity contribution >= 4 is 17.6 Å². The van der Waals surface area contributed by atoms with Gasteiger partial charge in [0.2, 0.25) is 0 Å². The molecule has 0 unspecified atom stereocenters. The molecule has 1 amide bonds. The van der Waals surface area contributed by atoms with Crippen molar-refractivity contribution in [2.24, 2.45) is 0 Å². The number of amides is 1. The Morgan fingerprint density at radius 1 is 0.828 bits per heavy atom. The Bertz CT molecular complexity index is 1020. The number of hydrogen-bond acceptors (Lipinski definition) is 3. The van der Waals surface area contributed by atoms with Gasteiger partial charge in [0.15, 0.2) is 0 Å². The summed E-state index contributed by atoms with van der Waals surface area (Å²) >= 11 is 0. The normalized spacial score (nSPS) is 10.7. The molecule has 0 spiro atoms. The van der Waals surface area contributed by atoms with Crippen LogP contribution in [-0.2, 0) is 0 Å². The molecule has 3 aromatic carbocycles. The van der Waals surface area contributed by atoms with Crippen molar-refractivity contribution in [2.45, 2.75) is 33.6 Å². The summed E-state index contributed by atoms with van der Waals surface area (Å²) in [6.07, 6.45) is 0. The summed E-state index contributed by atoms with van der Waals surface area (Å²) in [5.74, 6) is 0.169. The van der Waals surface area contributed by atoms with Gasteiger partial charge in [-0.05, 0) is 78.9 Å². The molecule has 3 aromatic rings. The van der Waals surface area contributed by atoms with E-state index in [1.165, 1.54) is 5.56 Å². The molecule has 0 aliphatic heterocycles. The summed E-state index contributed by atoms with van der Waals surface area (Å²) in [6, 6.07) is 19.9. The summed E-state index contributed by atoms with van der Waals surface area (Å²) in [5.41, 5.74) is 5.02. The minimum atomic E-state index is -0.423. The summed E-state index contributed by atoms with van der Waals surface area (Å²) in [6.45, 7) is 8.14. The van der Waals surface area contributed by atoms with E-state index in [0.717, 1.165) is 16.8 Å². The summed E-state index contributed by atoms with van der Waals surface area (Å²) in [5, 5.41) is 2.92. The number of carbonyl (C=O) groups is 2. The number of rotatable bonds is 5. The summed E-state index contributed by atoms with van der Waals surface area (Å²) in [4.78, 5) is 24.8. The van der Waals surface area contributed by atoms with E-state index < -0.39 is 5.97 Å². The van der Waals surface area contributed by atoms with Crippen molar-refractivity contribution in [1.82, 2.24) is 0 Å². The second kappa shape index (κ2) is 8.74. The topological polar surface area (TPSA) is 55.4 Å². The second-order valence-electron chi connectivity index (χ2n) is 7.46. The molecule has 0 aliphatic rings. The molecule has 0 radical (unpaired) electrons. The van der Waals surface area contributed by atoms with Gasteiger partial charge in [-0.3, -0.25) is 4.79 Å². The number of anilines is 1. The third kappa shape index (κ3) is 5.11. The average molecular weight is 387 g/mol. The molecule has 0 fully saturated rings. The van der Waals surface area contributed by atoms with E-state index in [1.807, 2.05) is 44.2 Å². The fourth-order valence-corrected chi connectivity index (χ4v) is 2.91. The molecule has 0 aliphatic carbocycles. The Hall–Kier alpha value is -3.40. The molecule has 0 saturated carbocycles. The standard InChI is InChI=1S/C25H25NO3/c1-16(2)19-7-9-21(10-8-19)25(28)29-22-13-11-20(12-14-22)24(27)26-23-15-17(3)5-6-18(23)4/h5-16H,1-4H3,(H,26,27). The van der Waals surface area contributed by atoms with Crippen molar-refractivity contribution in [3.05, 3.63) is 94.5 Å². The first-order valence-corrected chi connectivity index (χ1v) is 9.64. The number of esters is 1. The van der Waals surface area contributed by atoms with E-state index in [1.54, 1.807) is 36.4 Å². The highest BCUT2D eigenvalue weighted by atomic mass is 16.5. The lowest BCUT2D eigenvalue weighted by Gasteiger charge is -2.10. The van der Waals surface area contributed by atoms with Crippen LogP contribution in [0.1, 0.15) is 57.2 Å². The fourth-order valence-electron chi connectivity index (χ4n) is 2.91. The molecule has 0 atom stereocenters. The van der Waals surface area contributed by atoms with E-state index in [-0.39, 0.29) is 5.91 Å². The predicted octanol–water partition coefficient (Wildman–Crippen LogP) is 5.90. The van der Waals surface area contributed by atoms with Crippen LogP contribution in [0.25, 0.3) is 0 Å². The van der Waals surface area contributed by atoms with E-state index in [4.69, 9.17) is 4.74 Å². The van der Waals surface area contributed by atoms with Crippen molar-refractivity contribution in [1.29, 1.82) is 0 Å². The summed E-state index contributed by atoms with van der Waals surface area (Å²) in [7, 11) is 0. The molecular formula is C25H25NO3. The van der Waals surface area contributed by atoms with Crippen LogP contribution in [0.3, 0.4) is 0 Å². The monoisotopic (exact) mass is 387 g/mol. The maximum Gasteiger partial charge on any atom is 0.343 e. The van der Waals surface area contributed by atoms with Crippen LogP contribution in [0, 0.1) is 13.8 Å². The van der Waals surface area contributed by atoms with Gasteiger partial charge in [-0.25, -0.2) is 4.79 Å². The maximum absolute atomic E-state index is 12.5. The number of benzene rings is 3. The fraction of sp³-hybridized carbons (Fsp3) is 0.200. The molecule has 0 saturated heterocycles. The molecule has 1 N–H and O–H groups in total. The van der Waals surface area contributed by atoms with Gasteiger partial charge in [0.1, 0.15) is 5.75 Å². The Morgan fingerprint density at radius 3 is 2.07 bits per heavy atom. The molecule has 4 nitrogen and oxygen atoms in total. The smallest absolute Gasteiger partial charge is 0.343 e. The molecule has 0 heterocycles. The van der Waals surface area contributed by atoms with Gasteiger partial charge in [-0.2, -0.15) is 0 Å². The van der Waals surface area contributed by atoms with Crippen molar-refractivity contribution in [3.8, 4) is 5.75 Å². The maximum atomic E-state index is 12.5. The number of aryl methyl sites for hydroxylation is 2. The van der Waals surface area contributed by atoms with E-state index in [2.05, 4.69) is 19.2 Å². The summed E-state index contributed by atoms with van der Waals surface area (Å²) < 4.78 is 5.42. The van der Waals surface area contributed by atoms with Crippen molar-refractivity contribution < 1.29 is 14.3 Å². The first kappa shape index (κ1) is 20.3. The first-order valence-electron chi connectivity index (χ1n) is 9.64. The Kier molecular flexibility index (Phi) is 6.13. The lowest BCUT2D eigenvalue weighted by Crippen LogP contribution is -2.13. The lowest BCUT2D eigenvalue weighted by atomic mass is 10.0. The van der Waals surface area contributed by atoms with E-state index >= 15 is 0 Å². The molecule has 4 heteroatoms. The molecule has 0 bridgehead atoms. The minimum absolute atomic E-state index is 0.208. The molecular weight excluding hydrogens is 362 g/mol. The third-order valence-electron chi connectivity index (χ3n) is 4.78. The van der Waals surface area contributed by atoms with Crippen LogP contribution in [0.15, 0.2) is 66.7 Å². The SMILES string of the molecule is Cc1ccc(C)c(NC(=O)c2ccc(OC(=O)c3ccc(C(C)C)cc3)cc2)c1. The zero-order chi connectivity index (χ0) is 21.0. The van der Waals surface area contributed by atoms with Crippen LogP contribution in [0.5, 0.6) is 5.75 Å². The number of carbonyl (C=O) groups excluding carboxylic acids is 2. The van der Waals surface area contributed by atoms with Crippen molar-refractivity contribution in [3.63, 3.8) is 0 Å². The number of hydrogen-bond donors (Lipinski definition) is 1. The number of nitrogens with one attached hydrogen (secondary N) is 1.